The van der Waals surface area contributed by atoms with Crippen LogP contribution in [0, 0.1) is 5.92 Å². The van der Waals surface area contributed by atoms with Crippen molar-refractivity contribution in [1.82, 2.24) is 4.90 Å². The van der Waals surface area contributed by atoms with Crippen molar-refractivity contribution in [3.05, 3.63) is 64.2 Å². The van der Waals surface area contributed by atoms with Crippen molar-refractivity contribution in [2.24, 2.45) is 5.92 Å². The maximum absolute atomic E-state index is 13.6. The molecular weight excluding hydrogens is 575 g/mol. The lowest BCUT2D eigenvalue weighted by atomic mass is 9.83. The Balaban J connectivity index is 2.26. The molecule has 1 aliphatic rings. The maximum Gasteiger partial charge on any atom is 0.416 e. The topological polar surface area (TPSA) is 70.1 Å². The van der Waals surface area contributed by atoms with Crippen LogP contribution in [0.3, 0.4) is 0 Å². The summed E-state index contributed by atoms with van der Waals surface area (Å²) in [5.74, 6) is -0.408. The summed E-state index contributed by atoms with van der Waals surface area (Å²) < 4.78 is 126. The Morgan fingerprint density at radius 2 is 1.49 bits per heavy atom. The smallest absolute Gasteiger partial charge is 0.416 e. The average Bonchev–Trinajstić information content (AvgIpc) is 2.87. The Bertz CT molecular complexity index is 1260. The van der Waals surface area contributed by atoms with E-state index in [0.29, 0.717) is 35.6 Å². The maximum atomic E-state index is 13.6. The van der Waals surface area contributed by atoms with Crippen molar-refractivity contribution in [3.63, 3.8) is 0 Å². The van der Waals surface area contributed by atoms with Gasteiger partial charge in [0.2, 0.25) is 0 Å². The van der Waals surface area contributed by atoms with Crippen molar-refractivity contribution in [1.29, 1.82) is 0 Å². The standard InChI is InChI=1S/C26H25F9N2O4/c1-4-13(2)20-11-21(18-10-15(24(27,28)29)5-6-19(18)37(20)22(38)39)36(23(40)41-3)12-14-7-16(25(30,31)32)9-17(8-14)26(33,34)35/h5-10,13,20-21H,4,11-12H2,1-3H3,(H,38,39)/t13?,20-,21-/m1/s1. The number of ether oxygens (including phenoxy) is 1. The van der Waals surface area contributed by atoms with Crippen molar-refractivity contribution in [3.8, 4) is 0 Å². The van der Waals surface area contributed by atoms with Gasteiger partial charge in [-0.3, -0.25) is 9.80 Å². The molecule has 3 rings (SSSR count). The van der Waals surface area contributed by atoms with Crippen LogP contribution >= 0.6 is 0 Å². The number of hydrogen-bond donors (Lipinski definition) is 1. The minimum atomic E-state index is -5.19. The van der Waals surface area contributed by atoms with Crippen molar-refractivity contribution < 1.29 is 58.9 Å². The highest BCUT2D eigenvalue weighted by molar-refractivity contribution is 5.89. The molecule has 1 aliphatic heterocycles. The number of benzene rings is 2. The second-order valence-corrected chi connectivity index (χ2v) is 9.64. The number of amides is 2. The summed E-state index contributed by atoms with van der Waals surface area (Å²) in [4.78, 5) is 26.7. The van der Waals surface area contributed by atoms with Crippen molar-refractivity contribution in [2.75, 3.05) is 12.0 Å². The van der Waals surface area contributed by atoms with Crippen LogP contribution in [0.5, 0.6) is 0 Å². The summed E-state index contributed by atoms with van der Waals surface area (Å²) in [5, 5.41) is 9.94. The van der Waals surface area contributed by atoms with Crippen LogP contribution in [-0.2, 0) is 29.8 Å². The largest absolute Gasteiger partial charge is 0.465 e. The van der Waals surface area contributed by atoms with Gasteiger partial charge in [-0.25, -0.2) is 9.59 Å². The normalized spacial score (nSPS) is 18.5. The third kappa shape index (κ3) is 6.81. The molecule has 1 unspecified atom stereocenters. The molecule has 0 bridgehead atoms. The minimum absolute atomic E-state index is 0.0960. The molecule has 3 atom stereocenters. The number of alkyl halides is 9. The van der Waals surface area contributed by atoms with Gasteiger partial charge in [-0.2, -0.15) is 39.5 Å². The molecule has 1 N–H and O–H groups in total. The van der Waals surface area contributed by atoms with E-state index >= 15 is 0 Å². The molecule has 2 amide bonds. The van der Waals surface area contributed by atoms with E-state index in [-0.39, 0.29) is 23.7 Å². The minimum Gasteiger partial charge on any atom is -0.465 e. The van der Waals surface area contributed by atoms with Gasteiger partial charge in [-0.15, -0.1) is 0 Å². The van der Waals surface area contributed by atoms with Gasteiger partial charge in [-0.05, 0) is 59.9 Å². The molecule has 1 heterocycles. The number of carboxylic acid groups (broad SMARTS) is 1. The van der Waals surface area contributed by atoms with Gasteiger partial charge in [-0.1, -0.05) is 20.3 Å². The molecule has 0 spiro atoms. The lowest BCUT2D eigenvalue weighted by molar-refractivity contribution is -0.143. The van der Waals surface area contributed by atoms with Crippen LogP contribution in [0.2, 0.25) is 0 Å². The summed E-state index contributed by atoms with van der Waals surface area (Å²) in [7, 11) is 0.883. The second-order valence-electron chi connectivity index (χ2n) is 9.64. The zero-order valence-electron chi connectivity index (χ0n) is 21.8. The Hall–Kier alpha value is -3.65. The monoisotopic (exact) mass is 600 g/mol. The molecule has 0 aromatic heterocycles. The van der Waals surface area contributed by atoms with Crippen molar-refractivity contribution >= 4 is 17.9 Å². The molecule has 41 heavy (non-hydrogen) atoms. The molecule has 0 fully saturated rings. The first-order chi connectivity index (χ1) is 18.8. The van der Waals surface area contributed by atoms with E-state index in [1.54, 1.807) is 13.8 Å². The second kappa shape index (κ2) is 11.3. The van der Waals surface area contributed by atoms with E-state index in [9.17, 15) is 54.2 Å². The number of carbonyl (C=O) groups excluding carboxylic acids is 1. The zero-order valence-corrected chi connectivity index (χ0v) is 21.8. The molecule has 0 saturated heterocycles. The van der Waals surface area contributed by atoms with Gasteiger partial charge in [0.15, 0.2) is 0 Å². The highest BCUT2D eigenvalue weighted by atomic mass is 19.4. The Kier molecular flexibility index (Phi) is 8.80. The fourth-order valence-electron chi connectivity index (χ4n) is 4.88. The molecule has 2 aromatic rings. The van der Waals surface area contributed by atoms with E-state index < -0.39 is 77.5 Å². The summed E-state index contributed by atoms with van der Waals surface area (Å²) in [6.45, 7) is 2.47. The fourth-order valence-corrected chi connectivity index (χ4v) is 4.88. The number of hydrogen-bond acceptors (Lipinski definition) is 3. The van der Waals surface area contributed by atoms with Crippen LogP contribution in [0.4, 0.5) is 54.8 Å². The third-order valence-electron chi connectivity index (χ3n) is 7.06. The van der Waals surface area contributed by atoms with E-state index in [1.165, 1.54) is 0 Å². The summed E-state index contributed by atoms with van der Waals surface area (Å²) in [5.41, 5.74) is -5.63. The zero-order chi connectivity index (χ0) is 31.1. The predicted molar refractivity (Wildman–Crippen MR) is 127 cm³/mol. The first kappa shape index (κ1) is 31.9. The van der Waals surface area contributed by atoms with E-state index in [4.69, 9.17) is 4.74 Å². The molecule has 226 valence electrons. The Labute approximate surface area is 228 Å². The summed E-state index contributed by atoms with van der Waals surface area (Å²) in [6, 6.07) is 0.565. The first-order valence-corrected chi connectivity index (χ1v) is 12.2. The van der Waals surface area contributed by atoms with Crippen LogP contribution < -0.4 is 4.90 Å². The van der Waals surface area contributed by atoms with E-state index in [0.717, 1.165) is 18.1 Å². The number of fused-ring (bicyclic) bond motifs is 1. The SMILES string of the molecule is CCC(C)[C@H]1C[C@@H](N(Cc2cc(C(F)(F)F)cc(C(F)(F)F)c2)C(=O)OC)c2cc(C(F)(F)F)ccc2N1C(=O)O. The van der Waals surface area contributed by atoms with Crippen molar-refractivity contribution in [2.45, 2.75) is 63.8 Å². The van der Waals surface area contributed by atoms with Crippen LogP contribution in [0.1, 0.15) is 60.5 Å². The van der Waals surface area contributed by atoms with E-state index in [1.807, 2.05) is 0 Å². The predicted octanol–water partition coefficient (Wildman–Crippen LogP) is 8.36. The Morgan fingerprint density at radius 3 is 1.93 bits per heavy atom. The fraction of sp³-hybridized carbons (Fsp3) is 0.462. The van der Waals surface area contributed by atoms with Gasteiger partial charge < -0.3 is 9.84 Å². The average molecular weight is 600 g/mol. The van der Waals surface area contributed by atoms with Gasteiger partial charge in [0.25, 0.3) is 0 Å². The first-order valence-electron chi connectivity index (χ1n) is 12.2. The Morgan fingerprint density at radius 1 is 0.951 bits per heavy atom. The lowest BCUT2D eigenvalue weighted by Crippen LogP contribution is -2.50. The molecule has 6 nitrogen and oxygen atoms in total. The highest BCUT2D eigenvalue weighted by Crippen LogP contribution is 2.46. The number of rotatable bonds is 5. The molecule has 0 saturated carbocycles. The quantitative estimate of drug-likeness (QED) is 0.350. The summed E-state index contributed by atoms with van der Waals surface area (Å²) >= 11 is 0. The molecule has 0 aliphatic carbocycles. The number of methoxy groups -OCH3 is 1. The molecule has 2 aromatic carbocycles. The van der Waals surface area contributed by atoms with Crippen LogP contribution in [-0.4, -0.2) is 35.3 Å². The highest BCUT2D eigenvalue weighted by Gasteiger charge is 2.44. The third-order valence-corrected chi connectivity index (χ3v) is 7.06. The number of halogens is 9. The van der Waals surface area contributed by atoms with Gasteiger partial charge in [0.1, 0.15) is 0 Å². The number of nitrogens with zero attached hydrogens (tertiary/aromatic N) is 2. The van der Waals surface area contributed by atoms with Crippen LogP contribution in [0.25, 0.3) is 0 Å². The number of carbonyl (C=O) groups is 2. The summed E-state index contributed by atoms with van der Waals surface area (Å²) in [6.07, 6.45) is -17.9. The van der Waals surface area contributed by atoms with E-state index in [2.05, 4.69) is 0 Å². The van der Waals surface area contributed by atoms with Gasteiger partial charge in [0, 0.05) is 12.6 Å². The molecule has 15 heteroatoms. The van der Waals surface area contributed by atoms with Crippen LogP contribution in [0.15, 0.2) is 36.4 Å². The molecular formula is C26H25F9N2O4. The molecule has 0 radical (unpaired) electrons. The lowest BCUT2D eigenvalue weighted by Gasteiger charge is -2.45. The van der Waals surface area contributed by atoms with Gasteiger partial charge in [0.05, 0.1) is 35.5 Å². The number of anilines is 1. The van der Waals surface area contributed by atoms with Gasteiger partial charge >= 0.3 is 30.7 Å².